The lowest BCUT2D eigenvalue weighted by Gasteiger charge is -2.10. The van der Waals surface area contributed by atoms with Gasteiger partial charge in [0, 0.05) is 11.8 Å². The smallest absolute Gasteiger partial charge is 0.338 e. The lowest BCUT2D eigenvalue weighted by atomic mass is 10.1. The topological polar surface area (TPSA) is 98.5 Å². The van der Waals surface area contributed by atoms with E-state index in [1.165, 1.54) is 23.9 Å². The number of carbonyl (C=O) groups excluding carboxylic acids is 2. The van der Waals surface area contributed by atoms with Crippen molar-refractivity contribution in [2.45, 2.75) is 18.7 Å². The number of anilines is 1. The summed E-state index contributed by atoms with van der Waals surface area (Å²) in [7, 11) is 0. The number of nitro benzene ring substituents is 1. The zero-order chi connectivity index (χ0) is 19.3. The molecular formula is C18H18N2O5S. The number of benzene rings is 2. The third-order valence-corrected chi connectivity index (χ3v) is 4.39. The van der Waals surface area contributed by atoms with Crippen LogP contribution in [-0.4, -0.2) is 29.7 Å². The molecule has 0 aliphatic carbocycles. The highest BCUT2D eigenvalue weighted by atomic mass is 32.2. The Balaban J connectivity index is 2.00. The van der Waals surface area contributed by atoms with Crippen LogP contribution in [0.5, 0.6) is 0 Å². The van der Waals surface area contributed by atoms with E-state index in [1.54, 1.807) is 12.3 Å². The number of esters is 1. The number of hydrogen-bond acceptors (Lipinski definition) is 6. The number of thioether (sulfide) groups is 1. The molecule has 0 radical (unpaired) electrons. The lowest BCUT2D eigenvalue weighted by molar-refractivity contribution is -0.387. The summed E-state index contributed by atoms with van der Waals surface area (Å²) >= 11 is 1.21. The van der Waals surface area contributed by atoms with Crippen LogP contribution in [0.25, 0.3) is 0 Å². The fraction of sp³-hybridized carbons (Fsp3) is 0.222. The highest BCUT2D eigenvalue weighted by molar-refractivity contribution is 7.98. The van der Waals surface area contributed by atoms with Crippen LogP contribution in [0.3, 0.4) is 0 Å². The summed E-state index contributed by atoms with van der Waals surface area (Å²) in [6.45, 7) is 3.33. The van der Waals surface area contributed by atoms with Gasteiger partial charge in [-0.1, -0.05) is 17.7 Å². The van der Waals surface area contributed by atoms with Crippen LogP contribution in [0.1, 0.15) is 21.5 Å². The van der Waals surface area contributed by atoms with E-state index in [-0.39, 0.29) is 11.3 Å². The second-order valence-electron chi connectivity index (χ2n) is 5.59. The van der Waals surface area contributed by atoms with Gasteiger partial charge in [0.15, 0.2) is 6.61 Å². The molecule has 2 aromatic carbocycles. The molecule has 1 N–H and O–H groups in total. The van der Waals surface area contributed by atoms with Crippen LogP contribution in [0, 0.1) is 24.0 Å². The molecule has 2 aromatic rings. The number of nitrogens with zero attached hydrogens (tertiary/aromatic N) is 1. The zero-order valence-electron chi connectivity index (χ0n) is 14.6. The first-order valence-corrected chi connectivity index (χ1v) is 8.91. The Labute approximate surface area is 154 Å². The van der Waals surface area contributed by atoms with Gasteiger partial charge in [0.2, 0.25) is 0 Å². The maximum Gasteiger partial charge on any atom is 0.338 e. The van der Waals surface area contributed by atoms with E-state index in [1.807, 2.05) is 26.0 Å². The summed E-state index contributed by atoms with van der Waals surface area (Å²) in [4.78, 5) is 35.0. The first kappa shape index (κ1) is 19.5. The number of hydrogen-bond donors (Lipinski definition) is 1. The Morgan fingerprint density at radius 1 is 1.19 bits per heavy atom. The fourth-order valence-corrected chi connectivity index (χ4v) is 2.86. The van der Waals surface area contributed by atoms with Gasteiger partial charge in [-0.05, 0) is 43.9 Å². The highest BCUT2D eigenvalue weighted by Gasteiger charge is 2.18. The second kappa shape index (κ2) is 8.48. The molecular weight excluding hydrogens is 356 g/mol. The van der Waals surface area contributed by atoms with Gasteiger partial charge in [0.25, 0.3) is 11.6 Å². The Hall–Kier alpha value is -2.87. The maximum atomic E-state index is 12.1. The first-order chi connectivity index (χ1) is 12.3. The predicted molar refractivity (Wildman–Crippen MR) is 99.7 cm³/mol. The molecule has 0 unspecified atom stereocenters. The van der Waals surface area contributed by atoms with Crippen molar-refractivity contribution in [1.82, 2.24) is 0 Å². The Kier molecular flexibility index (Phi) is 6.35. The minimum atomic E-state index is -0.795. The first-order valence-electron chi connectivity index (χ1n) is 7.68. The van der Waals surface area contributed by atoms with Crippen molar-refractivity contribution in [3.63, 3.8) is 0 Å². The summed E-state index contributed by atoms with van der Waals surface area (Å²) in [6.07, 6.45) is 1.71. The monoisotopic (exact) mass is 374 g/mol. The maximum absolute atomic E-state index is 12.1. The summed E-state index contributed by atoms with van der Waals surface area (Å²) < 4.78 is 4.95. The quantitative estimate of drug-likeness (QED) is 0.358. The van der Waals surface area contributed by atoms with Crippen molar-refractivity contribution in [2.75, 3.05) is 18.2 Å². The minimum absolute atomic E-state index is 0.0221. The molecule has 0 bridgehead atoms. The largest absolute Gasteiger partial charge is 0.452 e. The van der Waals surface area contributed by atoms with Crippen LogP contribution < -0.4 is 5.32 Å². The number of ether oxygens (including phenoxy) is 1. The zero-order valence-corrected chi connectivity index (χ0v) is 15.4. The molecule has 0 spiro atoms. The number of aryl methyl sites for hydroxylation is 2. The van der Waals surface area contributed by atoms with Crippen molar-refractivity contribution >= 4 is 35.0 Å². The third kappa shape index (κ3) is 4.82. The van der Waals surface area contributed by atoms with Crippen LogP contribution in [-0.2, 0) is 9.53 Å². The van der Waals surface area contributed by atoms with Crippen molar-refractivity contribution in [3.05, 3.63) is 63.2 Å². The molecule has 0 heterocycles. The highest BCUT2D eigenvalue weighted by Crippen LogP contribution is 2.28. The van der Waals surface area contributed by atoms with E-state index < -0.39 is 23.4 Å². The molecule has 2 rings (SSSR count). The lowest BCUT2D eigenvalue weighted by Crippen LogP contribution is -2.21. The number of carbonyl (C=O) groups is 2. The molecule has 7 nitrogen and oxygen atoms in total. The Morgan fingerprint density at radius 3 is 2.54 bits per heavy atom. The molecule has 0 aliphatic rings. The van der Waals surface area contributed by atoms with Crippen molar-refractivity contribution in [3.8, 4) is 0 Å². The second-order valence-corrected chi connectivity index (χ2v) is 6.43. The molecule has 0 fully saturated rings. The molecule has 136 valence electrons. The van der Waals surface area contributed by atoms with Gasteiger partial charge in [0.05, 0.1) is 15.4 Å². The van der Waals surface area contributed by atoms with Crippen LogP contribution in [0.2, 0.25) is 0 Å². The van der Waals surface area contributed by atoms with Gasteiger partial charge in [-0.15, -0.1) is 11.8 Å². The summed E-state index contributed by atoms with van der Waals surface area (Å²) in [6, 6.07) is 9.62. The van der Waals surface area contributed by atoms with E-state index >= 15 is 0 Å². The van der Waals surface area contributed by atoms with E-state index in [0.29, 0.717) is 10.6 Å². The average molecular weight is 374 g/mol. The minimum Gasteiger partial charge on any atom is -0.452 e. The summed E-state index contributed by atoms with van der Waals surface area (Å²) in [5, 5.41) is 13.7. The van der Waals surface area contributed by atoms with Crippen LogP contribution in [0.15, 0.2) is 41.3 Å². The normalized spacial score (nSPS) is 10.3. The standard InChI is InChI=1S/C18H18N2O5S/c1-11-4-6-14(12(2)8-11)19-17(21)10-25-18(22)13-5-7-16(26-3)15(9-13)20(23)24/h4-9H,10H2,1-3H3,(H,19,21). The predicted octanol–water partition coefficient (Wildman–Crippen LogP) is 3.73. The van der Waals surface area contributed by atoms with Crippen LogP contribution >= 0.6 is 11.8 Å². The van der Waals surface area contributed by atoms with Gasteiger partial charge >= 0.3 is 5.97 Å². The van der Waals surface area contributed by atoms with E-state index in [0.717, 1.165) is 17.2 Å². The van der Waals surface area contributed by atoms with Gasteiger partial charge in [-0.3, -0.25) is 14.9 Å². The van der Waals surface area contributed by atoms with Crippen molar-refractivity contribution < 1.29 is 19.2 Å². The van der Waals surface area contributed by atoms with Crippen molar-refractivity contribution in [2.24, 2.45) is 0 Å². The molecule has 26 heavy (non-hydrogen) atoms. The Bertz CT molecular complexity index is 867. The summed E-state index contributed by atoms with van der Waals surface area (Å²) in [5.74, 6) is -1.28. The van der Waals surface area contributed by atoms with E-state index in [2.05, 4.69) is 5.32 Å². The molecule has 0 saturated heterocycles. The van der Waals surface area contributed by atoms with Gasteiger partial charge in [-0.2, -0.15) is 0 Å². The number of rotatable bonds is 6. The molecule has 8 heteroatoms. The molecule has 0 saturated carbocycles. The van der Waals surface area contributed by atoms with Gasteiger partial charge in [-0.25, -0.2) is 4.79 Å². The van der Waals surface area contributed by atoms with E-state index in [4.69, 9.17) is 4.74 Å². The fourth-order valence-electron chi connectivity index (χ4n) is 2.31. The molecule has 0 aromatic heterocycles. The average Bonchev–Trinajstić information content (AvgIpc) is 2.61. The SMILES string of the molecule is CSc1ccc(C(=O)OCC(=O)Nc2ccc(C)cc2C)cc1[N+](=O)[O-]. The van der Waals surface area contributed by atoms with E-state index in [9.17, 15) is 19.7 Å². The van der Waals surface area contributed by atoms with Gasteiger partial charge < -0.3 is 10.1 Å². The molecule has 0 aliphatic heterocycles. The third-order valence-electron chi connectivity index (χ3n) is 3.60. The Morgan fingerprint density at radius 2 is 1.92 bits per heavy atom. The van der Waals surface area contributed by atoms with Crippen LogP contribution in [0.4, 0.5) is 11.4 Å². The molecule has 0 atom stereocenters. The van der Waals surface area contributed by atoms with Gasteiger partial charge in [0.1, 0.15) is 0 Å². The number of nitrogens with one attached hydrogen (secondary N) is 1. The summed E-state index contributed by atoms with van der Waals surface area (Å²) in [5.41, 5.74) is 2.45. The van der Waals surface area contributed by atoms with Crippen molar-refractivity contribution in [1.29, 1.82) is 0 Å². The molecule has 1 amide bonds. The number of amides is 1. The number of nitro groups is 1.